The minimum absolute atomic E-state index is 0.0424. The van der Waals surface area contributed by atoms with E-state index in [1.807, 2.05) is 18.2 Å². The first kappa shape index (κ1) is 12.0. The molecular weight excluding hydrogens is 369 g/mol. The zero-order valence-corrected chi connectivity index (χ0v) is 11.2. The molecule has 0 aliphatic rings. The molecule has 0 bridgehead atoms. The van der Waals surface area contributed by atoms with Crippen LogP contribution in [0.1, 0.15) is 0 Å². The Hall–Kier alpha value is -1.05. The fraction of sp³-hybridized carbons (Fsp3) is 0. The maximum Gasteiger partial charge on any atom is 0.145 e. The number of hydrogen-bond acceptors (Lipinski definition) is 3. The summed E-state index contributed by atoms with van der Waals surface area (Å²) in [5.74, 6) is 0. The Morgan fingerprint density at radius 2 is 2.07 bits per heavy atom. The SMILES string of the molecule is N#CC(C#N)=CNc1cccc(I)c1Br. The van der Waals surface area contributed by atoms with Crippen LogP contribution >= 0.6 is 38.5 Å². The van der Waals surface area contributed by atoms with Crippen molar-refractivity contribution in [2.24, 2.45) is 0 Å². The molecule has 3 nitrogen and oxygen atoms in total. The molecule has 0 aliphatic carbocycles. The second kappa shape index (κ2) is 5.74. The van der Waals surface area contributed by atoms with Crippen molar-refractivity contribution in [3.63, 3.8) is 0 Å². The molecule has 0 amide bonds. The predicted octanol–water partition coefficient (Wildman–Crippen LogP) is 3.40. The molecule has 0 fully saturated rings. The highest BCUT2D eigenvalue weighted by Gasteiger charge is 2.01. The zero-order valence-electron chi connectivity index (χ0n) is 7.46. The summed E-state index contributed by atoms with van der Waals surface area (Å²) in [5.41, 5.74) is 0.866. The maximum absolute atomic E-state index is 8.53. The summed E-state index contributed by atoms with van der Waals surface area (Å²) in [5, 5.41) is 20.0. The molecule has 0 saturated carbocycles. The average Bonchev–Trinajstić information content (AvgIpc) is 2.25. The zero-order chi connectivity index (χ0) is 11.3. The highest BCUT2D eigenvalue weighted by molar-refractivity contribution is 14.1. The summed E-state index contributed by atoms with van der Waals surface area (Å²) >= 11 is 5.60. The number of benzene rings is 1. The monoisotopic (exact) mass is 373 g/mol. The third kappa shape index (κ3) is 3.22. The second-order valence-corrected chi connectivity index (χ2v) is 4.48. The molecule has 1 aromatic rings. The smallest absolute Gasteiger partial charge is 0.145 e. The highest BCUT2D eigenvalue weighted by Crippen LogP contribution is 2.27. The van der Waals surface area contributed by atoms with E-state index in [0.717, 1.165) is 13.7 Å². The van der Waals surface area contributed by atoms with Crippen LogP contribution in [-0.4, -0.2) is 0 Å². The van der Waals surface area contributed by atoms with Crippen LogP contribution in [0.25, 0.3) is 0 Å². The summed E-state index contributed by atoms with van der Waals surface area (Å²) in [6.07, 6.45) is 1.39. The summed E-state index contributed by atoms with van der Waals surface area (Å²) < 4.78 is 1.97. The molecule has 0 spiro atoms. The third-order valence-electron chi connectivity index (χ3n) is 1.56. The van der Waals surface area contributed by atoms with Gasteiger partial charge < -0.3 is 5.32 Å². The summed E-state index contributed by atoms with van der Waals surface area (Å²) in [6, 6.07) is 9.25. The molecule has 74 valence electrons. The van der Waals surface area contributed by atoms with Crippen LogP contribution in [0.2, 0.25) is 0 Å². The Bertz CT molecular complexity index is 466. The third-order valence-corrected chi connectivity index (χ3v) is 4.06. The minimum atomic E-state index is 0.0424. The fourth-order valence-electron chi connectivity index (χ4n) is 0.855. The van der Waals surface area contributed by atoms with Crippen molar-refractivity contribution in [3.8, 4) is 12.1 Å². The lowest BCUT2D eigenvalue weighted by atomic mass is 10.3. The molecule has 0 unspecified atom stereocenters. The lowest BCUT2D eigenvalue weighted by Crippen LogP contribution is -1.92. The van der Waals surface area contributed by atoms with E-state index in [0.29, 0.717) is 0 Å². The van der Waals surface area contributed by atoms with Crippen molar-refractivity contribution >= 4 is 44.2 Å². The number of nitrogens with one attached hydrogen (secondary N) is 1. The number of rotatable bonds is 2. The number of anilines is 1. The summed E-state index contributed by atoms with van der Waals surface area (Å²) in [6.45, 7) is 0. The van der Waals surface area contributed by atoms with Crippen molar-refractivity contribution in [2.75, 3.05) is 5.32 Å². The van der Waals surface area contributed by atoms with Crippen molar-refractivity contribution < 1.29 is 0 Å². The average molecular weight is 374 g/mol. The van der Waals surface area contributed by atoms with Gasteiger partial charge in [0.05, 0.1) is 10.2 Å². The van der Waals surface area contributed by atoms with Crippen LogP contribution in [-0.2, 0) is 0 Å². The number of hydrogen-bond donors (Lipinski definition) is 1. The van der Waals surface area contributed by atoms with Gasteiger partial charge >= 0.3 is 0 Å². The Labute approximate surface area is 110 Å². The Balaban J connectivity index is 2.93. The van der Waals surface area contributed by atoms with Gasteiger partial charge in [-0.05, 0) is 50.7 Å². The Morgan fingerprint density at radius 3 is 2.67 bits per heavy atom. The van der Waals surface area contributed by atoms with Crippen LogP contribution in [0, 0.1) is 26.2 Å². The van der Waals surface area contributed by atoms with Gasteiger partial charge in [0.2, 0.25) is 0 Å². The molecule has 1 rings (SSSR count). The van der Waals surface area contributed by atoms with Crippen molar-refractivity contribution in [3.05, 3.63) is 38.0 Å². The highest BCUT2D eigenvalue weighted by atomic mass is 127. The molecule has 0 aliphatic heterocycles. The van der Waals surface area contributed by atoms with E-state index in [4.69, 9.17) is 10.5 Å². The molecule has 1 aromatic carbocycles. The van der Waals surface area contributed by atoms with Gasteiger partial charge in [0.1, 0.15) is 17.7 Å². The second-order valence-electron chi connectivity index (χ2n) is 2.53. The Kier molecular flexibility index (Phi) is 4.60. The predicted molar refractivity (Wildman–Crippen MR) is 69.8 cm³/mol. The van der Waals surface area contributed by atoms with Gasteiger partial charge in [-0.2, -0.15) is 10.5 Å². The molecule has 0 atom stereocenters. The van der Waals surface area contributed by atoms with Gasteiger partial charge in [-0.1, -0.05) is 6.07 Å². The van der Waals surface area contributed by atoms with Crippen LogP contribution in [0.15, 0.2) is 34.4 Å². The van der Waals surface area contributed by atoms with E-state index in [1.165, 1.54) is 6.20 Å². The number of nitrogens with zero attached hydrogens (tertiary/aromatic N) is 2. The first-order valence-electron chi connectivity index (χ1n) is 3.90. The molecule has 0 radical (unpaired) electrons. The lowest BCUT2D eigenvalue weighted by Gasteiger charge is -2.04. The largest absolute Gasteiger partial charge is 0.359 e. The molecular formula is C10H5BrIN3. The molecule has 0 aromatic heterocycles. The van der Waals surface area contributed by atoms with Gasteiger partial charge in [-0.25, -0.2) is 0 Å². The van der Waals surface area contributed by atoms with Crippen LogP contribution in [0.5, 0.6) is 0 Å². The van der Waals surface area contributed by atoms with Crippen LogP contribution in [0.3, 0.4) is 0 Å². The standard InChI is InChI=1S/C10H5BrIN3/c11-10-8(12)2-1-3-9(10)15-6-7(4-13)5-14/h1-3,6,15H. The van der Waals surface area contributed by atoms with Crippen molar-refractivity contribution in [2.45, 2.75) is 0 Å². The van der Waals surface area contributed by atoms with Gasteiger partial charge in [0.15, 0.2) is 0 Å². The van der Waals surface area contributed by atoms with Gasteiger partial charge in [-0.15, -0.1) is 0 Å². The number of nitriles is 2. The van der Waals surface area contributed by atoms with Crippen molar-refractivity contribution in [1.82, 2.24) is 0 Å². The normalized spacial score (nSPS) is 8.53. The molecule has 0 saturated heterocycles. The molecule has 1 N–H and O–H groups in total. The van der Waals surface area contributed by atoms with E-state index < -0.39 is 0 Å². The van der Waals surface area contributed by atoms with Gasteiger partial charge in [0.25, 0.3) is 0 Å². The van der Waals surface area contributed by atoms with Gasteiger partial charge in [-0.3, -0.25) is 0 Å². The maximum atomic E-state index is 8.53. The van der Waals surface area contributed by atoms with E-state index in [9.17, 15) is 0 Å². The van der Waals surface area contributed by atoms with Gasteiger partial charge in [0, 0.05) is 9.77 Å². The molecule has 15 heavy (non-hydrogen) atoms. The van der Waals surface area contributed by atoms with Crippen LogP contribution < -0.4 is 5.32 Å². The van der Waals surface area contributed by atoms with E-state index in [2.05, 4.69) is 43.8 Å². The van der Waals surface area contributed by atoms with E-state index in [-0.39, 0.29) is 5.57 Å². The summed E-state index contributed by atoms with van der Waals surface area (Å²) in [7, 11) is 0. The lowest BCUT2D eigenvalue weighted by molar-refractivity contribution is 1.44. The quantitative estimate of drug-likeness (QED) is 0.638. The van der Waals surface area contributed by atoms with E-state index in [1.54, 1.807) is 12.1 Å². The Morgan fingerprint density at radius 1 is 1.40 bits per heavy atom. The number of allylic oxidation sites excluding steroid dienone is 1. The number of halogens is 2. The van der Waals surface area contributed by atoms with Crippen molar-refractivity contribution in [1.29, 1.82) is 10.5 Å². The topological polar surface area (TPSA) is 59.6 Å². The molecule has 5 heteroatoms. The fourth-order valence-corrected chi connectivity index (χ4v) is 1.73. The first-order chi connectivity index (χ1) is 7.19. The minimum Gasteiger partial charge on any atom is -0.359 e. The first-order valence-corrected chi connectivity index (χ1v) is 5.77. The summed E-state index contributed by atoms with van der Waals surface area (Å²) in [4.78, 5) is 0. The van der Waals surface area contributed by atoms with Crippen LogP contribution in [0.4, 0.5) is 5.69 Å². The van der Waals surface area contributed by atoms with E-state index >= 15 is 0 Å². The molecule has 0 heterocycles.